The Morgan fingerprint density at radius 3 is 1.37 bits per heavy atom. The van der Waals surface area contributed by atoms with Crippen LogP contribution in [0.15, 0.2) is 36.4 Å². The summed E-state index contributed by atoms with van der Waals surface area (Å²) in [5, 5.41) is 0. The first-order valence-electron chi connectivity index (χ1n) is 14.7. The summed E-state index contributed by atoms with van der Waals surface area (Å²) >= 11 is 0. The maximum Gasteiger partial charge on any atom is 0.338 e. The van der Waals surface area contributed by atoms with E-state index in [-0.39, 0.29) is 19.2 Å². The second-order valence-electron chi connectivity index (χ2n) is 10.1. The van der Waals surface area contributed by atoms with Crippen molar-refractivity contribution in [3.63, 3.8) is 0 Å². The molecule has 2 bridgehead atoms. The second-order valence-corrected chi connectivity index (χ2v) is 10.1. The third kappa shape index (κ3) is 17.0. The van der Waals surface area contributed by atoms with E-state index in [2.05, 4.69) is 13.5 Å². The zero-order valence-electron chi connectivity index (χ0n) is 23.9. The highest BCUT2D eigenvalue weighted by atomic mass is 16.6. The smallest absolute Gasteiger partial charge is 0.338 e. The van der Waals surface area contributed by atoms with Crippen molar-refractivity contribution in [2.45, 2.75) is 117 Å². The number of ether oxygens (including phenoxy) is 3. The largest absolute Gasteiger partial charge is 0.462 e. The molecule has 2 heterocycles. The van der Waals surface area contributed by atoms with Crippen molar-refractivity contribution in [1.29, 1.82) is 0 Å². The molecule has 6 heteroatoms. The quantitative estimate of drug-likeness (QED) is 0.0821. The third-order valence-electron chi connectivity index (χ3n) is 6.49. The SMILES string of the molecule is C=C(C)C(=O)OCCCCCCCCCCCCCCCCCC.O=C1OCCOC(=O)c2ccc1cc2. The molecule has 0 atom stereocenters. The van der Waals surface area contributed by atoms with E-state index in [9.17, 15) is 14.4 Å². The lowest BCUT2D eigenvalue weighted by Crippen LogP contribution is -2.16. The molecule has 0 aliphatic carbocycles. The summed E-state index contributed by atoms with van der Waals surface area (Å²) < 4.78 is 14.7. The first-order chi connectivity index (χ1) is 18.5. The molecule has 0 saturated carbocycles. The first-order valence-corrected chi connectivity index (χ1v) is 14.7. The van der Waals surface area contributed by atoms with Crippen LogP contribution >= 0.6 is 0 Å². The summed E-state index contributed by atoms with van der Waals surface area (Å²) in [5.74, 6) is -1.04. The van der Waals surface area contributed by atoms with E-state index in [0.29, 0.717) is 23.3 Å². The highest BCUT2D eigenvalue weighted by Crippen LogP contribution is 2.14. The molecule has 38 heavy (non-hydrogen) atoms. The van der Waals surface area contributed by atoms with Gasteiger partial charge in [0.25, 0.3) is 0 Å². The zero-order valence-corrected chi connectivity index (χ0v) is 23.9. The van der Waals surface area contributed by atoms with Gasteiger partial charge in [-0.1, -0.05) is 110 Å². The second kappa shape index (κ2) is 22.4. The summed E-state index contributed by atoms with van der Waals surface area (Å²) in [6.07, 6.45) is 21.7. The van der Waals surface area contributed by atoms with Crippen molar-refractivity contribution in [3.05, 3.63) is 47.5 Å². The molecule has 0 N–H and O–H groups in total. The van der Waals surface area contributed by atoms with Crippen molar-refractivity contribution in [2.75, 3.05) is 19.8 Å². The van der Waals surface area contributed by atoms with E-state index in [1.807, 2.05) is 0 Å². The Morgan fingerprint density at radius 1 is 0.684 bits per heavy atom. The minimum Gasteiger partial charge on any atom is -0.462 e. The van der Waals surface area contributed by atoms with Gasteiger partial charge in [-0.25, -0.2) is 14.4 Å². The number of hydrogen-bond donors (Lipinski definition) is 0. The summed E-state index contributed by atoms with van der Waals surface area (Å²) in [5.41, 5.74) is 1.39. The van der Waals surface area contributed by atoms with Crippen LogP contribution < -0.4 is 0 Å². The van der Waals surface area contributed by atoms with Gasteiger partial charge >= 0.3 is 17.9 Å². The number of carbonyl (C=O) groups is 3. The van der Waals surface area contributed by atoms with Crippen molar-refractivity contribution >= 4 is 17.9 Å². The lowest BCUT2D eigenvalue weighted by Gasteiger charge is -2.09. The van der Waals surface area contributed by atoms with Gasteiger partial charge in [-0.15, -0.1) is 0 Å². The Balaban J connectivity index is 0.000000431. The lowest BCUT2D eigenvalue weighted by atomic mass is 10.0. The summed E-state index contributed by atoms with van der Waals surface area (Å²) in [7, 11) is 0. The predicted octanol–water partition coefficient (Wildman–Crippen LogP) is 8.38. The summed E-state index contributed by atoms with van der Waals surface area (Å²) in [6, 6.07) is 6.18. The molecule has 2 aliphatic rings. The van der Waals surface area contributed by atoms with Crippen LogP contribution in [0.2, 0.25) is 0 Å². The molecule has 214 valence electrons. The molecule has 0 radical (unpaired) electrons. The van der Waals surface area contributed by atoms with Gasteiger partial charge < -0.3 is 14.2 Å². The molecule has 0 amide bonds. The molecule has 0 saturated heterocycles. The van der Waals surface area contributed by atoms with Crippen LogP contribution in [0.25, 0.3) is 0 Å². The van der Waals surface area contributed by atoms with E-state index in [1.54, 1.807) is 31.2 Å². The van der Waals surface area contributed by atoms with Crippen LogP contribution in [0.4, 0.5) is 0 Å². The number of hydrogen-bond acceptors (Lipinski definition) is 6. The maximum atomic E-state index is 11.3. The van der Waals surface area contributed by atoms with Crippen molar-refractivity contribution in [1.82, 2.24) is 0 Å². The number of rotatable bonds is 18. The first kappa shape index (κ1) is 33.4. The normalized spacial score (nSPS) is 12.7. The van der Waals surface area contributed by atoms with Crippen molar-refractivity contribution < 1.29 is 28.6 Å². The predicted molar refractivity (Wildman–Crippen MR) is 152 cm³/mol. The number of benzene rings is 1. The fourth-order valence-corrected chi connectivity index (χ4v) is 4.12. The fourth-order valence-electron chi connectivity index (χ4n) is 4.12. The third-order valence-corrected chi connectivity index (χ3v) is 6.49. The minimum atomic E-state index is -0.394. The van der Waals surface area contributed by atoms with Gasteiger partial charge in [0.05, 0.1) is 17.7 Å². The van der Waals surface area contributed by atoms with Crippen LogP contribution in [0, 0.1) is 0 Å². The number of carbonyl (C=O) groups excluding carboxylic acids is 3. The van der Waals surface area contributed by atoms with E-state index in [0.717, 1.165) is 6.42 Å². The van der Waals surface area contributed by atoms with Gasteiger partial charge in [-0.2, -0.15) is 0 Å². The van der Waals surface area contributed by atoms with Gasteiger partial charge in [0.15, 0.2) is 0 Å². The average molecular weight is 531 g/mol. The Kier molecular flexibility index (Phi) is 19.7. The molecule has 1 aromatic rings. The number of esters is 3. The Labute approximate surface area is 230 Å². The van der Waals surface area contributed by atoms with Gasteiger partial charge in [0.2, 0.25) is 0 Å². The summed E-state index contributed by atoms with van der Waals surface area (Å²) in [4.78, 5) is 33.7. The highest BCUT2D eigenvalue weighted by Gasteiger charge is 2.13. The zero-order chi connectivity index (χ0) is 27.8. The van der Waals surface area contributed by atoms with Gasteiger partial charge in [0.1, 0.15) is 13.2 Å². The fraction of sp³-hybridized carbons (Fsp3) is 0.656. The molecule has 0 spiro atoms. The summed E-state index contributed by atoms with van der Waals surface area (Å²) in [6.45, 7) is 8.29. The molecule has 0 aromatic heterocycles. The Bertz CT molecular complexity index is 762. The molecule has 0 fully saturated rings. The lowest BCUT2D eigenvalue weighted by molar-refractivity contribution is -0.139. The maximum absolute atomic E-state index is 11.3. The number of unbranched alkanes of at least 4 members (excludes halogenated alkanes) is 15. The topological polar surface area (TPSA) is 78.9 Å². The molecule has 6 nitrogen and oxygen atoms in total. The van der Waals surface area contributed by atoms with Gasteiger partial charge in [-0.3, -0.25) is 0 Å². The highest BCUT2D eigenvalue weighted by molar-refractivity contribution is 5.93. The van der Waals surface area contributed by atoms with Gasteiger partial charge in [0, 0.05) is 5.57 Å². The van der Waals surface area contributed by atoms with Crippen molar-refractivity contribution in [2.24, 2.45) is 0 Å². The van der Waals surface area contributed by atoms with E-state index < -0.39 is 11.9 Å². The van der Waals surface area contributed by atoms with Crippen LogP contribution in [-0.2, 0) is 19.0 Å². The standard InChI is InChI=1S/C22H42O2.C10H8O4/c1-4-5-6-7-8-9-10-11-12-13-14-15-16-17-18-19-20-24-22(23)21(2)3;11-9-7-1-2-8(4-3-7)10(12)14-6-5-13-9/h2,4-20H2,1,3H3;1-4H,5-6H2. The van der Waals surface area contributed by atoms with Crippen LogP contribution in [0.5, 0.6) is 0 Å². The Morgan fingerprint density at radius 2 is 1.03 bits per heavy atom. The number of fused-ring (bicyclic) bond motifs is 7. The van der Waals surface area contributed by atoms with E-state index in [1.165, 1.54) is 96.3 Å². The van der Waals surface area contributed by atoms with E-state index in [4.69, 9.17) is 14.2 Å². The van der Waals surface area contributed by atoms with Crippen LogP contribution in [0.1, 0.15) is 137 Å². The average Bonchev–Trinajstić information content (AvgIpc) is 2.92. The molecular weight excluding hydrogens is 480 g/mol. The molecule has 2 aliphatic heterocycles. The van der Waals surface area contributed by atoms with Crippen molar-refractivity contribution in [3.8, 4) is 0 Å². The van der Waals surface area contributed by atoms with Crippen LogP contribution in [0.3, 0.4) is 0 Å². The molecular formula is C32H50O6. The Hall–Kier alpha value is -2.63. The van der Waals surface area contributed by atoms with Gasteiger partial charge in [-0.05, 0) is 37.6 Å². The molecule has 3 rings (SSSR count). The molecule has 1 aromatic carbocycles. The monoisotopic (exact) mass is 530 g/mol. The van der Waals surface area contributed by atoms with Crippen LogP contribution in [-0.4, -0.2) is 37.7 Å². The minimum absolute atomic E-state index is 0.100. The molecule has 0 unspecified atom stereocenters. The van der Waals surface area contributed by atoms with E-state index >= 15 is 0 Å².